The fourth-order valence-corrected chi connectivity index (χ4v) is 0.494. The molecule has 1 amide bonds. The van der Waals surface area contributed by atoms with E-state index in [4.69, 9.17) is 5.11 Å². The number of carbonyl (C=O) groups is 1. The van der Waals surface area contributed by atoms with E-state index in [1.165, 1.54) is 6.08 Å². The fraction of sp³-hybridized carbons (Fsp3) is 0.571. The molecule has 0 aliphatic carbocycles. The molecule has 0 saturated carbocycles. The maximum Gasteiger partial charge on any atom is 0.245 e. The van der Waals surface area contributed by atoms with E-state index in [2.05, 4.69) is 5.32 Å². The lowest BCUT2D eigenvalue weighted by molar-refractivity contribution is -0.117. The van der Waals surface area contributed by atoms with E-state index in [-0.39, 0.29) is 12.6 Å². The normalized spacial score (nSPS) is 10.2. The molecule has 0 fully saturated rings. The van der Waals surface area contributed by atoms with Gasteiger partial charge in [-0.2, -0.15) is 0 Å². The first kappa shape index (κ1) is 9.17. The molecule has 0 rings (SSSR count). The van der Waals surface area contributed by atoms with Crippen LogP contribution >= 0.6 is 0 Å². The largest absolute Gasteiger partial charge is 0.376 e. The Kier molecular flexibility index (Phi) is 5.77. The summed E-state index contributed by atoms with van der Waals surface area (Å²) in [4.78, 5) is 10.6. The van der Waals surface area contributed by atoms with E-state index in [0.29, 0.717) is 0 Å². The van der Waals surface area contributed by atoms with Gasteiger partial charge in [-0.1, -0.05) is 19.4 Å². The highest BCUT2D eigenvalue weighted by Crippen LogP contribution is 1.87. The van der Waals surface area contributed by atoms with E-state index < -0.39 is 0 Å². The summed E-state index contributed by atoms with van der Waals surface area (Å²) in [5.41, 5.74) is 0. The Hall–Kier alpha value is -0.830. The third-order valence-corrected chi connectivity index (χ3v) is 0.978. The van der Waals surface area contributed by atoms with Crippen LogP contribution in [0.4, 0.5) is 0 Å². The van der Waals surface area contributed by atoms with Gasteiger partial charge in [0.25, 0.3) is 0 Å². The zero-order chi connectivity index (χ0) is 7.82. The van der Waals surface area contributed by atoms with Crippen molar-refractivity contribution in [2.24, 2.45) is 0 Å². The first-order valence-corrected chi connectivity index (χ1v) is 3.36. The zero-order valence-electron chi connectivity index (χ0n) is 6.13. The number of rotatable bonds is 4. The number of carbonyl (C=O) groups excluding carboxylic acids is 1. The van der Waals surface area contributed by atoms with Gasteiger partial charge in [-0.05, 0) is 12.5 Å². The molecule has 3 nitrogen and oxygen atoms in total. The van der Waals surface area contributed by atoms with Crippen LogP contribution < -0.4 is 5.32 Å². The summed E-state index contributed by atoms with van der Waals surface area (Å²) in [6.07, 6.45) is 5.15. The zero-order valence-corrected chi connectivity index (χ0v) is 6.13. The highest BCUT2D eigenvalue weighted by atomic mass is 16.3. The van der Waals surface area contributed by atoms with Gasteiger partial charge in [0.1, 0.15) is 6.73 Å². The number of aliphatic hydroxyl groups excluding tert-OH is 1. The topological polar surface area (TPSA) is 49.3 Å². The summed E-state index contributed by atoms with van der Waals surface area (Å²) in [7, 11) is 0. The van der Waals surface area contributed by atoms with Gasteiger partial charge in [-0.3, -0.25) is 4.79 Å². The number of hydrogen-bond acceptors (Lipinski definition) is 2. The van der Waals surface area contributed by atoms with Crippen LogP contribution in [0.3, 0.4) is 0 Å². The molecule has 0 spiro atoms. The van der Waals surface area contributed by atoms with Crippen LogP contribution in [0.2, 0.25) is 0 Å². The van der Waals surface area contributed by atoms with Crippen molar-refractivity contribution in [1.82, 2.24) is 5.32 Å². The Morgan fingerprint density at radius 3 is 2.90 bits per heavy atom. The quantitative estimate of drug-likeness (QED) is 0.442. The Labute approximate surface area is 60.7 Å². The molecule has 0 heterocycles. The number of allylic oxidation sites excluding steroid dienone is 1. The minimum Gasteiger partial charge on any atom is -0.376 e. The van der Waals surface area contributed by atoms with E-state index in [1.807, 2.05) is 6.92 Å². The smallest absolute Gasteiger partial charge is 0.245 e. The second kappa shape index (κ2) is 6.29. The van der Waals surface area contributed by atoms with Crippen molar-refractivity contribution < 1.29 is 9.90 Å². The number of unbranched alkanes of at least 4 members (excludes halogenated alkanes) is 1. The van der Waals surface area contributed by atoms with Crippen molar-refractivity contribution in [1.29, 1.82) is 0 Å². The lowest BCUT2D eigenvalue weighted by Crippen LogP contribution is -2.21. The molecular formula is C7H13NO2. The highest BCUT2D eigenvalue weighted by molar-refractivity contribution is 5.87. The van der Waals surface area contributed by atoms with Gasteiger partial charge >= 0.3 is 0 Å². The van der Waals surface area contributed by atoms with E-state index in [9.17, 15) is 4.79 Å². The minimum absolute atomic E-state index is 0.240. The maximum atomic E-state index is 10.6. The standard InChI is InChI=1S/C7H13NO2/c1-2-3-4-5-7(10)8-6-9/h4-5,9H,2-3,6H2,1H3,(H,8,10). The average molecular weight is 143 g/mol. The number of amides is 1. The molecule has 0 bridgehead atoms. The molecule has 0 radical (unpaired) electrons. The first-order valence-electron chi connectivity index (χ1n) is 3.36. The molecule has 0 aromatic carbocycles. The fourth-order valence-electron chi connectivity index (χ4n) is 0.494. The maximum absolute atomic E-state index is 10.6. The molecule has 0 aliphatic rings. The molecule has 58 valence electrons. The average Bonchev–Trinajstić information content (AvgIpc) is 1.89. The Bertz CT molecular complexity index is 121. The summed E-state index contributed by atoms with van der Waals surface area (Å²) < 4.78 is 0. The lowest BCUT2D eigenvalue weighted by atomic mass is 10.3. The summed E-state index contributed by atoms with van der Waals surface area (Å²) in [6.45, 7) is 1.74. The predicted octanol–water partition coefficient (Wildman–Crippen LogP) is 0.409. The molecule has 10 heavy (non-hydrogen) atoms. The molecule has 0 atom stereocenters. The van der Waals surface area contributed by atoms with Crippen LogP contribution in [0.5, 0.6) is 0 Å². The van der Waals surface area contributed by atoms with Crippen LogP contribution in [0, 0.1) is 0 Å². The summed E-state index contributed by atoms with van der Waals surface area (Å²) in [5, 5.41) is 10.5. The molecule has 0 saturated heterocycles. The minimum atomic E-state index is -0.296. The molecule has 0 unspecified atom stereocenters. The van der Waals surface area contributed by atoms with Crippen molar-refractivity contribution in [2.45, 2.75) is 19.8 Å². The van der Waals surface area contributed by atoms with Crippen molar-refractivity contribution in [3.8, 4) is 0 Å². The molecule has 2 N–H and O–H groups in total. The third-order valence-electron chi connectivity index (χ3n) is 0.978. The van der Waals surface area contributed by atoms with Crippen molar-refractivity contribution in [2.75, 3.05) is 6.73 Å². The van der Waals surface area contributed by atoms with Gasteiger partial charge in [0.15, 0.2) is 0 Å². The Morgan fingerprint density at radius 2 is 2.40 bits per heavy atom. The predicted molar refractivity (Wildman–Crippen MR) is 39.3 cm³/mol. The van der Waals surface area contributed by atoms with Gasteiger partial charge in [0, 0.05) is 0 Å². The lowest BCUT2D eigenvalue weighted by Gasteiger charge is -1.92. The second-order valence-electron chi connectivity index (χ2n) is 1.89. The Balaban J connectivity index is 3.36. The number of aliphatic hydroxyl groups is 1. The first-order chi connectivity index (χ1) is 4.81. The van der Waals surface area contributed by atoms with E-state index >= 15 is 0 Å². The molecular weight excluding hydrogens is 130 g/mol. The number of nitrogens with one attached hydrogen (secondary N) is 1. The number of hydrogen-bond donors (Lipinski definition) is 2. The molecule has 0 aliphatic heterocycles. The van der Waals surface area contributed by atoms with Crippen molar-refractivity contribution >= 4 is 5.91 Å². The molecule has 0 aromatic heterocycles. The van der Waals surface area contributed by atoms with Crippen LogP contribution in [0.1, 0.15) is 19.8 Å². The van der Waals surface area contributed by atoms with Crippen LogP contribution in [0.25, 0.3) is 0 Å². The summed E-state index contributed by atoms with van der Waals surface area (Å²) in [5.74, 6) is -0.240. The van der Waals surface area contributed by atoms with Crippen molar-refractivity contribution in [3.05, 3.63) is 12.2 Å². The monoisotopic (exact) mass is 143 g/mol. The summed E-state index contributed by atoms with van der Waals surface area (Å²) in [6, 6.07) is 0. The summed E-state index contributed by atoms with van der Waals surface area (Å²) >= 11 is 0. The van der Waals surface area contributed by atoms with Gasteiger partial charge in [-0.15, -0.1) is 0 Å². The Morgan fingerprint density at radius 1 is 1.70 bits per heavy atom. The van der Waals surface area contributed by atoms with E-state index in [1.54, 1.807) is 6.08 Å². The van der Waals surface area contributed by atoms with Gasteiger partial charge in [0.2, 0.25) is 5.91 Å². The van der Waals surface area contributed by atoms with Crippen molar-refractivity contribution in [3.63, 3.8) is 0 Å². The van der Waals surface area contributed by atoms with E-state index in [0.717, 1.165) is 12.8 Å². The van der Waals surface area contributed by atoms with Crippen LogP contribution in [0.15, 0.2) is 12.2 Å². The second-order valence-corrected chi connectivity index (χ2v) is 1.89. The molecule has 0 aromatic rings. The van der Waals surface area contributed by atoms with Gasteiger partial charge in [-0.25, -0.2) is 0 Å². The SMILES string of the molecule is CCCC=CC(=O)NCO. The third kappa shape index (κ3) is 5.31. The highest BCUT2D eigenvalue weighted by Gasteiger charge is 1.88. The van der Waals surface area contributed by atoms with Gasteiger partial charge in [0.05, 0.1) is 0 Å². The van der Waals surface area contributed by atoms with Gasteiger partial charge < -0.3 is 10.4 Å². The van der Waals surface area contributed by atoms with Crippen LogP contribution in [-0.2, 0) is 4.79 Å². The van der Waals surface area contributed by atoms with Crippen LogP contribution in [-0.4, -0.2) is 17.7 Å². The molecule has 3 heteroatoms.